The summed E-state index contributed by atoms with van der Waals surface area (Å²) in [4.78, 5) is 36.9. The van der Waals surface area contributed by atoms with Gasteiger partial charge in [-0.05, 0) is 19.8 Å². The lowest BCUT2D eigenvalue weighted by atomic mass is 9.87. The van der Waals surface area contributed by atoms with Crippen LogP contribution in [0.5, 0.6) is 0 Å². The molecule has 2 aliphatic rings. The third kappa shape index (κ3) is 1.84. The van der Waals surface area contributed by atoms with Crippen LogP contribution in [0.1, 0.15) is 29.0 Å². The zero-order valence-electron chi connectivity index (χ0n) is 10.9. The molecule has 0 aliphatic carbocycles. The first-order chi connectivity index (χ1) is 9.52. The van der Waals surface area contributed by atoms with Crippen molar-refractivity contribution in [2.75, 3.05) is 13.1 Å². The summed E-state index contributed by atoms with van der Waals surface area (Å²) < 4.78 is 4.94. The molecule has 0 unspecified atom stereocenters. The highest BCUT2D eigenvalue weighted by Gasteiger charge is 2.48. The van der Waals surface area contributed by atoms with Crippen molar-refractivity contribution in [3.8, 4) is 0 Å². The van der Waals surface area contributed by atoms with Crippen LogP contribution in [0.4, 0.5) is 4.79 Å². The Morgan fingerprint density at radius 2 is 2.10 bits per heavy atom. The maximum atomic E-state index is 12.2. The molecule has 0 saturated carbocycles. The van der Waals surface area contributed by atoms with Crippen LogP contribution < -0.4 is 10.6 Å². The Labute approximate surface area is 114 Å². The van der Waals surface area contributed by atoms with Gasteiger partial charge in [0.1, 0.15) is 5.54 Å². The third-order valence-electron chi connectivity index (χ3n) is 3.86. The molecule has 2 aliphatic heterocycles. The maximum absolute atomic E-state index is 12.2. The van der Waals surface area contributed by atoms with E-state index in [-0.39, 0.29) is 17.6 Å². The number of aromatic nitrogens is 1. The normalized spacial score (nSPS) is 20.9. The number of likely N-dealkylation sites (tertiary alicyclic amines) is 1. The van der Waals surface area contributed by atoms with E-state index in [1.807, 2.05) is 0 Å². The van der Waals surface area contributed by atoms with Gasteiger partial charge < -0.3 is 14.7 Å². The second kappa shape index (κ2) is 4.32. The number of urea groups is 1. The number of piperidine rings is 1. The van der Waals surface area contributed by atoms with Gasteiger partial charge in [0, 0.05) is 18.7 Å². The van der Waals surface area contributed by atoms with Crippen molar-refractivity contribution >= 4 is 17.8 Å². The van der Waals surface area contributed by atoms with Crippen molar-refractivity contribution in [2.45, 2.75) is 25.3 Å². The quantitative estimate of drug-likeness (QED) is 0.692. The first-order valence-corrected chi connectivity index (χ1v) is 6.36. The third-order valence-corrected chi connectivity index (χ3v) is 3.86. The molecule has 3 heterocycles. The largest absolute Gasteiger partial charge is 0.351 e. The minimum Gasteiger partial charge on any atom is -0.351 e. The van der Waals surface area contributed by atoms with Crippen LogP contribution >= 0.6 is 0 Å². The molecular weight excluding hydrogens is 264 g/mol. The van der Waals surface area contributed by atoms with E-state index >= 15 is 0 Å². The molecule has 4 amide bonds. The number of imide groups is 1. The van der Waals surface area contributed by atoms with Gasteiger partial charge in [-0.2, -0.15) is 0 Å². The zero-order valence-corrected chi connectivity index (χ0v) is 10.9. The number of carbonyl (C=O) groups is 3. The molecule has 1 spiro atoms. The highest BCUT2D eigenvalue weighted by Crippen LogP contribution is 2.26. The van der Waals surface area contributed by atoms with Crippen LogP contribution in [-0.4, -0.2) is 46.5 Å². The standard InChI is InChI=1S/C12H14N4O4/c1-7-6-13-20-8(7)9(17)16-4-2-12(3-5-16)10(18)14-11(19)15-12/h6H,2-5H2,1H3,(H2,14,15,18,19). The molecule has 0 atom stereocenters. The molecule has 20 heavy (non-hydrogen) atoms. The van der Waals surface area contributed by atoms with Crippen molar-refractivity contribution in [2.24, 2.45) is 0 Å². The molecule has 2 saturated heterocycles. The summed E-state index contributed by atoms with van der Waals surface area (Å²) in [5.74, 6) is -0.328. The van der Waals surface area contributed by atoms with Crippen molar-refractivity contribution in [1.29, 1.82) is 0 Å². The Morgan fingerprint density at radius 3 is 2.60 bits per heavy atom. The van der Waals surface area contributed by atoms with Crippen molar-refractivity contribution in [3.63, 3.8) is 0 Å². The van der Waals surface area contributed by atoms with Crippen LogP contribution in [0.25, 0.3) is 0 Å². The van der Waals surface area contributed by atoms with Crippen LogP contribution in [0.3, 0.4) is 0 Å². The summed E-state index contributed by atoms with van der Waals surface area (Å²) in [5.41, 5.74) is -0.188. The van der Waals surface area contributed by atoms with E-state index in [0.717, 1.165) is 0 Å². The number of amides is 4. The van der Waals surface area contributed by atoms with Gasteiger partial charge >= 0.3 is 6.03 Å². The molecule has 0 aromatic carbocycles. The molecule has 1 aromatic heterocycles. The van der Waals surface area contributed by atoms with Gasteiger partial charge in [0.25, 0.3) is 11.8 Å². The van der Waals surface area contributed by atoms with Crippen LogP contribution in [0, 0.1) is 6.92 Å². The molecular formula is C12H14N4O4. The first-order valence-electron chi connectivity index (χ1n) is 6.36. The molecule has 0 bridgehead atoms. The van der Waals surface area contributed by atoms with Crippen LogP contribution in [-0.2, 0) is 4.79 Å². The van der Waals surface area contributed by atoms with E-state index in [1.165, 1.54) is 6.20 Å². The molecule has 2 N–H and O–H groups in total. The minimum atomic E-state index is -0.871. The summed E-state index contributed by atoms with van der Waals surface area (Å²) in [5, 5.41) is 8.48. The summed E-state index contributed by atoms with van der Waals surface area (Å²) in [6, 6.07) is -0.471. The molecule has 8 nitrogen and oxygen atoms in total. The lowest BCUT2D eigenvalue weighted by Gasteiger charge is -2.36. The Balaban J connectivity index is 1.70. The van der Waals surface area contributed by atoms with Gasteiger partial charge in [0.2, 0.25) is 5.76 Å². The van der Waals surface area contributed by atoms with Gasteiger partial charge in [0.15, 0.2) is 0 Å². The van der Waals surface area contributed by atoms with E-state index in [9.17, 15) is 14.4 Å². The van der Waals surface area contributed by atoms with Gasteiger partial charge in [-0.15, -0.1) is 0 Å². The second-order valence-electron chi connectivity index (χ2n) is 5.12. The number of aryl methyl sites for hydroxylation is 1. The van der Waals surface area contributed by atoms with Crippen molar-refractivity contribution < 1.29 is 18.9 Å². The van der Waals surface area contributed by atoms with Crippen molar-refractivity contribution in [3.05, 3.63) is 17.5 Å². The predicted octanol–water partition coefficient (Wildman–Crippen LogP) is -0.203. The number of nitrogens with one attached hydrogen (secondary N) is 2. The lowest BCUT2D eigenvalue weighted by molar-refractivity contribution is -0.125. The predicted molar refractivity (Wildman–Crippen MR) is 65.8 cm³/mol. The second-order valence-corrected chi connectivity index (χ2v) is 5.12. The van der Waals surface area contributed by atoms with Gasteiger partial charge in [-0.3, -0.25) is 14.9 Å². The summed E-state index contributed by atoms with van der Waals surface area (Å²) >= 11 is 0. The summed E-state index contributed by atoms with van der Waals surface area (Å²) in [7, 11) is 0. The van der Waals surface area contributed by atoms with Gasteiger partial charge in [0.05, 0.1) is 6.20 Å². The Kier molecular flexibility index (Phi) is 2.73. The number of hydrogen-bond donors (Lipinski definition) is 2. The zero-order chi connectivity index (χ0) is 14.3. The van der Waals surface area contributed by atoms with Gasteiger partial charge in [-0.25, -0.2) is 4.79 Å². The highest BCUT2D eigenvalue weighted by molar-refractivity contribution is 6.07. The Bertz CT molecular complexity index is 586. The molecule has 3 rings (SSSR count). The maximum Gasteiger partial charge on any atom is 0.322 e. The molecule has 0 radical (unpaired) electrons. The van der Waals surface area contributed by atoms with Crippen LogP contribution in [0.15, 0.2) is 10.7 Å². The van der Waals surface area contributed by atoms with E-state index < -0.39 is 11.6 Å². The molecule has 8 heteroatoms. The minimum absolute atomic E-state index is 0.223. The first kappa shape index (κ1) is 12.6. The fourth-order valence-corrected chi connectivity index (χ4v) is 2.61. The van der Waals surface area contributed by atoms with Gasteiger partial charge in [-0.1, -0.05) is 5.16 Å². The lowest BCUT2D eigenvalue weighted by Crippen LogP contribution is -2.55. The average Bonchev–Trinajstić information content (AvgIpc) is 2.95. The monoisotopic (exact) mass is 278 g/mol. The number of rotatable bonds is 1. The fraction of sp³-hybridized carbons (Fsp3) is 0.500. The van der Waals surface area contributed by atoms with Crippen LogP contribution in [0.2, 0.25) is 0 Å². The van der Waals surface area contributed by atoms with E-state index in [1.54, 1.807) is 11.8 Å². The number of hydrogen-bond acceptors (Lipinski definition) is 5. The topological polar surface area (TPSA) is 105 Å². The SMILES string of the molecule is Cc1cnoc1C(=O)N1CCC2(CC1)NC(=O)NC2=O. The summed E-state index contributed by atoms with van der Waals surface area (Å²) in [6.45, 7) is 2.51. The fourth-order valence-electron chi connectivity index (χ4n) is 2.61. The van der Waals surface area contributed by atoms with Crippen molar-refractivity contribution in [1.82, 2.24) is 20.7 Å². The highest BCUT2D eigenvalue weighted by atomic mass is 16.5. The smallest absolute Gasteiger partial charge is 0.322 e. The average molecular weight is 278 g/mol. The van der Waals surface area contributed by atoms with E-state index in [0.29, 0.717) is 31.5 Å². The molecule has 2 fully saturated rings. The summed E-state index contributed by atoms with van der Waals surface area (Å²) in [6.07, 6.45) is 2.27. The number of nitrogens with zero attached hydrogens (tertiary/aromatic N) is 2. The Morgan fingerprint density at radius 1 is 1.40 bits per heavy atom. The van der Waals surface area contributed by atoms with E-state index in [4.69, 9.17) is 4.52 Å². The van der Waals surface area contributed by atoms with E-state index in [2.05, 4.69) is 15.8 Å². The molecule has 1 aromatic rings. The molecule has 106 valence electrons. The Hall–Kier alpha value is -2.38. The number of carbonyl (C=O) groups excluding carboxylic acids is 3.